The summed E-state index contributed by atoms with van der Waals surface area (Å²) in [7, 11) is 1.62. The minimum Gasteiger partial charge on any atom is -0.480 e. The summed E-state index contributed by atoms with van der Waals surface area (Å²) in [6, 6.07) is 0. The Balaban J connectivity index is 3.04. The monoisotopic (exact) mass is 229 g/mol. The Hall–Kier alpha value is -0.610. The zero-order valence-electron chi connectivity index (χ0n) is 10.5. The van der Waals surface area contributed by atoms with Gasteiger partial charge in [-0.05, 0) is 25.9 Å². The highest BCUT2D eigenvalue weighted by molar-refractivity contribution is 5.80. The van der Waals surface area contributed by atoms with Crippen LogP contribution >= 0.6 is 0 Å². The molecular formula is C12H23NO3. The van der Waals surface area contributed by atoms with Gasteiger partial charge in [-0.2, -0.15) is 0 Å². The van der Waals surface area contributed by atoms with Crippen LogP contribution < -0.4 is 0 Å². The summed E-state index contributed by atoms with van der Waals surface area (Å²) in [4.78, 5) is 13.7. The van der Waals surface area contributed by atoms with Gasteiger partial charge in [0.15, 0.2) is 0 Å². The summed E-state index contributed by atoms with van der Waals surface area (Å²) < 4.78 is 5.43. The molecule has 0 heterocycles. The van der Waals surface area contributed by atoms with Gasteiger partial charge in [0.25, 0.3) is 0 Å². The van der Waals surface area contributed by atoms with E-state index in [1.54, 1.807) is 7.11 Å². The number of hydrogen-bond acceptors (Lipinski definition) is 3. The number of carboxylic acids is 1. The molecule has 1 rings (SSSR count). The van der Waals surface area contributed by atoms with Crippen molar-refractivity contribution in [1.29, 1.82) is 0 Å². The lowest BCUT2D eigenvalue weighted by atomic mass is 9.77. The number of hydrogen-bond donors (Lipinski definition) is 1. The summed E-state index contributed by atoms with van der Waals surface area (Å²) in [6.45, 7) is 5.52. The number of aliphatic carboxylic acids is 1. The molecule has 0 aliphatic heterocycles. The third-order valence-corrected chi connectivity index (χ3v) is 3.79. The van der Waals surface area contributed by atoms with Crippen LogP contribution in [-0.2, 0) is 9.53 Å². The molecule has 0 amide bonds. The van der Waals surface area contributed by atoms with Gasteiger partial charge in [-0.15, -0.1) is 0 Å². The molecular weight excluding hydrogens is 206 g/mol. The first-order valence-corrected chi connectivity index (χ1v) is 6.14. The molecule has 0 aromatic carbocycles. The van der Waals surface area contributed by atoms with Crippen LogP contribution in [0.4, 0.5) is 0 Å². The first-order chi connectivity index (χ1) is 7.63. The molecule has 1 aliphatic carbocycles. The van der Waals surface area contributed by atoms with Crippen LogP contribution in [-0.4, -0.2) is 47.8 Å². The van der Waals surface area contributed by atoms with Gasteiger partial charge in [-0.3, -0.25) is 9.69 Å². The topological polar surface area (TPSA) is 49.8 Å². The molecule has 0 saturated heterocycles. The van der Waals surface area contributed by atoms with E-state index in [0.717, 1.165) is 32.4 Å². The Kier molecular flexibility index (Phi) is 4.74. The third-order valence-electron chi connectivity index (χ3n) is 3.79. The fourth-order valence-electron chi connectivity index (χ4n) is 2.97. The summed E-state index contributed by atoms with van der Waals surface area (Å²) in [6.07, 6.45) is 3.40. The summed E-state index contributed by atoms with van der Waals surface area (Å²) in [5, 5.41) is 9.60. The van der Waals surface area contributed by atoms with E-state index in [9.17, 15) is 9.90 Å². The molecule has 0 aromatic rings. The van der Waals surface area contributed by atoms with Crippen molar-refractivity contribution in [2.24, 2.45) is 0 Å². The molecule has 4 nitrogen and oxygen atoms in total. The van der Waals surface area contributed by atoms with E-state index >= 15 is 0 Å². The Bertz CT molecular complexity index is 231. The lowest BCUT2D eigenvalue weighted by Gasteiger charge is -2.46. The lowest BCUT2D eigenvalue weighted by molar-refractivity contribution is -0.167. The predicted molar refractivity (Wildman–Crippen MR) is 62.6 cm³/mol. The highest BCUT2D eigenvalue weighted by Crippen LogP contribution is 2.35. The summed E-state index contributed by atoms with van der Waals surface area (Å²) in [5.41, 5.74) is -0.809. The molecule has 1 fully saturated rings. The van der Waals surface area contributed by atoms with E-state index in [4.69, 9.17) is 4.74 Å². The van der Waals surface area contributed by atoms with Gasteiger partial charge >= 0.3 is 5.97 Å². The van der Waals surface area contributed by atoms with Gasteiger partial charge in [0.05, 0.1) is 6.10 Å². The van der Waals surface area contributed by atoms with Crippen LogP contribution in [0.15, 0.2) is 0 Å². The van der Waals surface area contributed by atoms with Gasteiger partial charge in [-0.1, -0.05) is 26.7 Å². The largest absolute Gasteiger partial charge is 0.480 e. The van der Waals surface area contributed by atoms with Gasteiger partial charge in [-0.25, -0.2) is 0 Å². The number of carbonyl (C=O) groups is 1. The highest BCUT2D eigenvalue weighted by atomic mass is 16.5. The number of rotatable bonds is 5. The maximum Gasteiger partial charge on any atom is 0.326 e. The van der Waals surface area contributed by atoms with Crippen molar-refractivity contribution < 1.29 is 14.6 Å². The molecule has 1 aliphatic rings. The van der Waals surface area contributed by atoms with Crippen molar-refractivity contribution in [3.05, 3.63) is 0 Å². The standard InChI is InChI=1S/C12H23NO3/c1-4-13(5-2)12(11(14)15)9-7-6-8-10(12)16-3/h10H,4-9H2,1-3H3,(H,14,15). The Morgan fingerprint density at radius 2 is 2.06 bits per heavy atom. The zero-order chi connectivity index (χ0) is 12.2. The van der Waals surface area contributed by atoms with Crippen LogP contribution in [0.5, 0.6) is 0 Å². The van der Waals surface area contributed by atoms with E-state index in [0.29, 0.717) is 6.42 Å². The van der Waals surface area contributed by atoms with E-state index in [1.807, 2.05) is 18.7 Å². The van der Waals surface area contributed by atoms with E-state index in [2.05, 4.69) is 0 Å². The average Bonchev–Trinajstić information content (AvgIpc) is 2.30. The Morgan fingerprint density at radius 1 is 1.44 bits per heavy atom. The van der Waals surface area contributed by atoms with E-state index in [1.165, 1.54) is 0 Å². The minimum absolute atomic E-state index is 0.182. The third kappa shape index (κ3) is 2.09. The molecule has 4 heteroatoms. The van der Waals surface area contributed by atoms with Gasteiger partial charge < -0.3 is 9.84 Å². The molecule has 0 bridgehead atoms. The molecule has 94 valence electrons. The normalized spacial score (nSPS) is 30.6. The number of likely N-dealkylation sites (N-methyl/N-ethyl adjacent to an activating group) is 1. The quantitative estimate of drug-likeness (QED) is 0.780. The zero-order valence-corrected chi connectivity index (χ0v) is 10.5. The molecule has 2 atom stereocenters. The average molecular weight is 229 g/mol. The van der Waals surface area contributed by atoms with Crippen LogP contribution in [0, 0.1) is 0 Å². The van der Waals surface area contributed by atoms with Crippen molar-refractivity contribution in [2.45, 2.75) is 51.2 Å². The van der Waals surface area contributed by atoms with Gasteiger partial charge in [0, 0.05) is 7.11 Å². The predicted octanol–water partition coefficient (Wildman–Crippen LogP) is 1.74. The summed E-state index contributed by atoms with van der Waals surface area (Å²) in [5.74, 6) is -0.734. The van der Waals surface area contributed by atoms with Gasteiger partial charge in [0.1, 0.15) is 5.54 Å². The minimum atomic E-state index is -0.809. The molecule has 2 unspecified atom stereocenters. The smallest absolute Gasteiger partial charge is 0.326 e. The van der Waals surface area contributed by atoms with Crippen molar-refractivity contribution in [3.63, 3.8) is 0 Å². The second-order valence-corrected chi connectivity index (χ2v) is 4.37. The van der Waals surface area contributed by atoms with Crippen LogP contribution in [0.1, 0.15) is 39.5 Å². The number of carboxylic acid groups (broad SMARTS) is 1. The van der Waals surface area contributed by atoms with Crippen molar-refractivity contribution in [3.8, 4) is 0 Å². The first kappa shape index (κ1) is 13.5. The van der Waals surface area contributed by atoms with Crippen molar-refractivity contribution >= 4 is 5.97 Å². The van der Waals surface area contributed by atoms with E-state index < -0.39 is 11.5 Å². The fraction of sp³-hybridized carbons (Fsp3) is 0.917. The van der Waals surface area contributed by atoms with Crippen LogP contribution in [0.2, 0.25) is 0 Å². The number of methoxy groups -OCH3 is 1. The molecule has 1 saturated carbocycles. The molecule has 0 radical (unpaired) electrons. The second kappa shape index (κ2) is 5.64. The lowest BCUT2D eigenvalue weighted by Crippen LogP contribution is -2.63. The fourth-order valence-corrected chi connectivity index (χ4v) is 2.97. The maximum atomic E-state index is 11.7. The second-order valence-electron chi connectivity index (χ2n) is 4.37. The van der Waals surface area contributed by atoms with Crippen LogP contribution in [0.25, 0.3) is 0 Å². The van der Waals surface area contributed by atoms with E-state index in [-0.39, 0.29) is 6.10 Å². The molecule has 1 N–H and O–H groups in total. The first-order valence-electron chi connectivity index (χ1n) is 6.14. The van der Waals surface area contributed by atoms with Crippen LogP contribution in [0.3, 0.4) is 0 Å². The molecule has 0 spiro atoms. The van der Waals surface area contributed by atoms with Crippen molar-refractivity contribution in [1.82, 2.24) is 4.90 Å². The van der Waals surface area contributed by atoms with Gasteiger partial charge in [0.2, 0.25) is 0 Å². The maximum absolute atomic E-state index is 11.7. The van der Waals surface area contributed by atoms with Crippen molar-refractivity contribution in [2.75, 3.05) is 20.2 Å². The molecule has 0 aromatic heterocycles. The number of ether oxygens (including phenoxy) is 1. The molecule has 16 heavy (non-hydrogen) atoms. The number of nitrogens with zero attached hydrogens (tertiary/aromatic N) is 1. The SMILES string of the molecule is CCN(CC)C1(C(=O)O)CCCCC1OC. The Morgan fingerprint density at radius 3 is 2.50 bits per heavy atom. The Labute approximate surface area is 97.6 Å². The highest BCUT2D eigenvalue weighted by Gasteiger charge is 2.51. The summed E-state index contributed by atoms with van der Waals surface area (Å²) >= 11 is 0.